The zero-order valence-electron chi connectivity index (χ0n) is 19.5. The molecule has 0 radical (unpaired) electrons. The molecule has 7 heteroatoms. The zero-order valence-corrected chi connectivity index (χ0v) is 21.0. The van der Waals surface area contributed by atoms with Crippen LogP contribution in [0.5, 0.6) is 5.75 Å². The Balaban J connectivity index is 1.90. The van der Waals surface area contributed by atoms with E-state index in [0.29, 0.717) is 22.2 Å². The molecule has 0 fully saturated rings. The number of likely N-dealkylation sites (N-methyl/N-ethyl adjacent to an activating group) is 1. The molecule has 178 valence electrons. The molecule has 1 N–H and O–H groups in total. The highest BCUT2D eigenvalue weighted by Crippen LogP contribution is 2.26. The molecule has 0 aromatic heterocycles. The van der Waals surface area contributed by atoms with E-state index in [1.807, 2.05) is 62.4 Å². The van der Waals surface area contributed by atoms with E-state index in [4.69, 9.17) is 27.9 Å². The molecule has 3 rings (SSSR count). The average molecular weight is 499 g/mol. The summed E-state index contributed by atoms with van der Waals surface area (Å²) in [6.07, 6.45) is 0.357. The fourth-order valence-electron chi connectivity index (χ4n) is 3.75. The summed E-state index contributed by atoms with van der Waals surface area (Å²) in [5, 5.41) is 3.89. The minimum absolute atomic E-state index is 0.172. The number of carbonyl (C=O) groups excluding carboxylic acids is 2. The van der Waals surface area contributed by atoms with E-state index in [1.165, 1.54) is 4.90 Å². The summed E-state index contributed by atoms with van der Waals surface area (Å²) in [6, 6.07) is 19.7. The van der Waals surface area contributed by atoms with Crippen LogP contribution in [0.1, 0.15) is 22.3 Å². The smallest absolute Gasteiger partial charge is 0.261 e. The van der Waals surface area contributed by atoms with Gasteiger partial charge in [0.2, 0.25) is 5.91 Å². The number of benzene rings is 3. The van der Waals surface area contributed by atoms with Crippen LogP contribution >= 0.6 is 23.2 Å². The largest absolute Gasteiger partial charge is 0.484 e. The van der Waals surface area contributed by atoms with Crippen LogP contribution in [0.3, 0.4) is 0 Å². The highest BCUT2D eigenvalue weighted by Gasteiger charge is 2.30. The Bertz CT molecular complexity index is 1130. The third-order valence-corrected chi connectivity index (χ3v) is 6.55. The maximum Gasteiger partial charge on any atom is 0.261 e. The van der Waals surface area contributed by atoms with Gasteiger partial charge in [0.25, 0.3) is 5.91 Å². The van der Waals surface area contributed by atoms with Gasteiger partial charge in [0.15, 0.2) is 6.61 Å². The molecule has 0 aliphatic rings. The molecule has 3 aromatic rings. The number of carbonyl (C=O) groups is 2. The first-order valence-electron chi connectivity index (χ1n) is 11.0. The van der Waals surface area contributed by atoms with Gasteiger partial charge in [-0.15, -0.1) is 0 Å². The molecule has 34 heavy (non-hydrogen) atoms. The fraction of sp³-hybridized carbons (Fsp3) is 0.259. The molecule has 0 spiro atoms. The summed E-state index contributed by atoms with van der Waals surface area (Å²) >= 11 is 12.6. The quantitative estimate of drug-likeness (QED) is 0.431. The number of halogens is 2. The summed E-state index contributed by atoms with van der Waals surface area (Å²) < 4.78 is 5.83. The summed E-state index contributed by atoms with van der Waals surface area (Å²) in [6.45, 7) is 3.71. The van der Waals surface area contributed by atoms with Crippen molar-refractivity contribution >= 4 is 35.0 Å². The van der Waals surface area contributed by atoms with E-state index in [1.54, 1.807) is 25.2 Å². The molecule has 3 aromatic carbocycles. The summed E-state index contributed by atoms with van der Waals surface area (Å²) in [4.78, 5) is 27.9. The fourth-order valence-corrected chi connectivity index (χ4v) is 4.05. The average Bonchev–Trinajstić information content (AvgIpc) is 2.84. The van der Waals surface area contributed by atoms with Gasteiger partial charge < -0.3 is 15.0 Å². The second-order valence-electron chi connectivity index (χ2n) is 8.09. The molecule has 1 unspecified atom stereocenters. The number of nitrogens with zero attached hydrogens (tertiary/aromatic N) is 1. The Labute approximate surface area is 210 Å². The zero-order chi connectivity index (χ0) is 24.7. The first-order valence-corrected chi connectivity index (χ1v) is 11.7. The maximum absolute atomic E-state index is 13.5. The topological polar surface area (TPSA) is 58.6 Å². The van der Waals surface area contributed by atoms with Gasteiger partial charge >= 0.3 is 0 Å². The van der Waals surface area contributed by atoms with Gasteiger partial charge in [-0.25, -0.2) is 0 Å². The van der Waals surface area contributed by atoms with Crippen LogP contribution in [0.2, 0.25) is 10.0 Å². The Morgan fingerprint density at radius 3 is 2.21 bits per heavy atom. The maximum atomic E-state index is 13.5. The van der Waals surface area contributed by atoms with Crippen molar-refractivity contribution in [2.45, 2.75) is 32.9 Å². The van der Waals surface area contributed by atoms with E-state index in [9.17, 15) is 9.59 Å². The lowest BCUT2D eigenvalue weighted by Gasteiger charge is -2.31. The van der Waals surface area contributed by atoms with Gasteiger partial charge in [-0.2, -0.15) is 0 Å². The lowest BCUT2D eigenvalue weighted by molar-refractivity contribution is -0.142. The van der Waals surface area contributed by atoms with Gasteiger partial charge in [-0.05, 0) is 54.3 Å². The minimum Gasteiger partial charge on any atom is -0.484 e. The van der Waals surface area contributed by atoms with Crippen molar-refractivity contribution in [1.82, 2.24) is 10.2 Å². The lowest BCUT2D eigenvalue weighted by Crippen LogP contribution is -2.51. The number of aryl methyl sites for hydroxylation is 2. The van der Waals surface area contributed by atoms with Crippen molar-refractivity contribution in [1.29, 1.82) is 0 Å². The molecule has 0 aliphatic carbocycles. The first-order chi connectivity index (χ1) is 16.3. The Kier molecular flexibility index (Phi) is 8.97. The van der Waals surface area contributed by atoms with Crippen LogP contribution in [-0.4, -0.2) is 36.4 Å². The van der Waals surface area contributed by atoms with E-state index in [0.717, 1.165) is 22.3 Å². The Hall–Kier alpha value is -3.02. The molecule has 1 atom stereocenters. The number of amides is 2. The minimum atomic E-state index is -0.742. The van der Waals surface area contributed by atoms with Crippen molar-refractivity contribution in [3.63, 3.8) is 0 Å². The third kappa shape index (κ3) is 6.52. The third-order valence-electron chi connectivity index (χ3n) is 5.59. The molecule has 2 amide bonds. The van der Waals surface area contributed by atoms with Crippen molar-refractivity contribution in [2.24, 2.45) is 0 Å². The van der Waals surface area contributed by atoms with Gasteiger partial charge in [0, 0.05) is 30.1 Å². The van der Waals surface area contributed by atoms with Crippen LogP contribution in [0.25, 0.3) is 0 Å². The summed E-state index contributed by atoms with van der Waals surface area (Å²) in [7, 11) is 1.56. The van der Waals surface area contributed by atoms with Gasteiger partial charge in [-0.1, -0.05) is 71.7 Å². The molecular formula is C27H28Cl2N2O3. The summed E-state index contributed by atoms with van der Waals surface area (Å²) in [5.41, 5.74) is 3.42. The van der Waals surface area contributed by atoms with E-state index in [-0.39, 0.29) is 25.0 Å². The normalized spacial score (nSPS) is 11.6. The molecular weight excluding hydrogens is 471 g/mol. The van der Waals surface area contributed by atoms with Crippen molar-refractivity contribution in [3.8, 4) is 5.75 Å². The van der Waals surface area contributed by atoms with Crippen LogP contribution in [0, 0.1) is 13.8 Å². The highest BCUT2D eigenvalue weighted by molar-refractivity contribution is 6.32. The van der Waals surface area contributed by atoms with E-state index in [2.05, 4.69) is 5.32 Å². The van der Waals surface area contributed by atoms with Crippen molar-refractivity contribution in [2.75, 3.05) is 13.7 Å². The molecule has 5 nitrogen and oxygen atoms in total. The number of hydrogen-bond donors (Lipinski definition) is 1. The first kappa shape index (κ1) is 25.6. The van der Waals surface area contributed by atoms with Gasteiger partial charge in [0.1, 0.15) is 11.8 Å². The second kappa shape index (κ2) is 11.9. The lowest BCUT2D eigenvalue weighted by atomic mass is 10.0. The number of ether oxygens (including phenoxy) is 1. The number of rotatable bonds is 9. The van der Waals surface area contributed by atoms with Crippen molar-refractivity contribution < 1.29 is 14.3 Å². The number of nitrogens with one attached hydrogen (secondary N) is 1. The molecule has 0 aliphatic heterocycles. The molecule has 0 saturated heterocycles. The van der Waals surface area contributed by atoms with Crippen LogP contribution in [-0.2, 0) is 22.6 Å². The summed E-state index contributed by atoms with van der Waals surface area (Å²) in [5.74, 6) is -0.0397. The Morgan fingerprint density at radius 2 is 1.59 bits per heavy atom. The van der Waals surface area contributed by atoms with Gasteiger partial charge in [0.05, 0.1) is 0 Å². The molecule has 0 bridgehead atoms. The Morgan fingerprint density at radius 1 is 0.971 bits per heavy atom. The van der Waals surface area contributed by atoms with Crippen LogP contribution in [0.4, 0.5) is 0 Å². The van der Waals surface area contributed by atoms with E-state index < -0.39 is 6.04 Å². The monoisotopic (exact) mass is 498 g/mol. The second-order valence-corrected chi connectivity index (χ2v) is 8.88. The standard InChI is InChI=1S/C27H28Cl2N2O3/c1-18-13-22(14-19(2)26(18)29)34-17-25(32)31(16-21-11-7-8-12-23(21)28)24(27(33)30-3)15-20-9-5-4-6-10-20/h4-14,24H,15-17H2,1-3H3,(H,30,33). The van der Waals surface area contributed by atoms with Crippen LogP contribution in [0.15, 0.2) is 66.7 Å². The predicted molar refractivity (Wildman–Crippen MR) is 136 cm³/mol. The highest BCUT2D eigenvalue weighted by atomic mass is 35.5. The van der Waals surface area contributed by atoms with Crippen LogP contribution < -0.4 is 10.1 Å². The van der Waals surface area contributed by atoms with Gasteiger partial charge in [-0.3, -0.25) is 9.59 Å². The number of hydrogen-bond acceptors (Lipinski definition) is 3. The van der Waals surface area contributed by atoms with E-state index >= 15 is 0 Å². The van der Waals surface area contributed by atoms with Crippen molar-refractivity contribution in [3.05, 3.63) is 99.0 Å². The SMILES string of the molecule is CNC(=O)C(Cc1ccccc1)N(Cc1ccccc1Cl)C(=O)COc1cc(C)c(Cl)c(C)c1. The molecule has 0 saturated carbocycles. The molecule has 0 heterocycles. The predicted octanol–water partition coefficient (Wildman–Crippen LogP) is 5.38.